The molecule has 1 saturated heterocycles. The zero-order valence-corrected chi connectivity index (χ0v) is 19.1. The van der Waals surface area contributed by atoms with Crippen LogP contribution in [0.15, 0.2) is 41.3 Å². The minimum Gasteiger partial charge on any atom is -0.496 e. The number of nitrogens with one attached hydrogen (secondary N) is 1. The molecule has 1 heterocycles. The fraction of sp³-hybridized carbons (Fsp3) is 0.409. The Balaban J connectivity index is 1.74. The number of methoxy groups -OCH3 is 3. The first-order valence-electron chi connectivity index (χ1n) is 10.1. The van der Waals surface area contributed by atoms with E-state index in [4.69, 9.17) is 14.2 Å². The number of carbonyl (C=O) groups is 1. The van der Waals surface area contributed by atoms with E-state index >= 15 is 0 Å². The monoisotopic (exact) mass is 466 g/mol. The summed E-state index contributed by atoms with van der Waals surface area (Å²) in [6.45, 7) is 0.413. The SMILES string of the molecule is COc1ccc(F)cc1S(=O)(=O)N1CCC[C@H](C(=O)NCc2c(OC)cccc2OC)C1. The van der Waals surface area contributed by atoms with Gasteiger partial charge in [-0.05, 0) is 43.2 Å². The molecular weight excluding hydrogens is 439 g/mol. The van der Waals surface area contributed by atoms with E-state index < -0.39 is 21.8 Å². The van der Waals surface area contributed by atoms with E-state index in [1.165, 1.54) is 31.7 Å². The van der Waals surface area contributed by atoms with Gasteiger partial charge in [0, 0.05) is 13.1 Å². The van der Waals surface area contributed by atoms with Crippen molar-refractivity contribution in [3.8, 4) is 17.2 Å². The highest BCUT2D eigenvalue weighted by Crippen LogP contribution is 2.31. The molecule has 1 amide bonds. The third-order valence-electron chi connectivity index (χ3n) is 5.47. The van der Waals surface area contributed by atoms with Gasteiger partial charge in [0.2, 0.25) is 15.9 Å². The molecule has 1 atom stereocenters. The molecule has 1 N–H and O–H groups in total. The van der Waals surface area contributed by atoms with Gasteiger partial charge < -0.3 is 19.5 Å². The second kappa shape index (κ2) is 10.2. The second-order valence-electron chi connectivity index (χ2n) is 7.36. The highest BCUT2D eigenvalue weighted by atomic mass is 32.2. The van der Waals surface area contributed by atoms with Crippen LogP contribution in [-0.4, -0.2) is 53.0 Å². The van der Waals surface area contributed by atoms with Crippen LogP contribution in [0.4, 0.5) is 4.39 Å². The first-order chi connectivity index (χ1) is 15.3. The Kier molecular flexibility index (Phi) is 7.57. The number of carbonyl (C=O) groups excluding carboxylic acids is 1. The van der Waals surface area contributed by atoms with E-state index in [2.05, 4.69) is 5.32 Å². The van der Waals surface area contributed by atoms with Crippen molar-refractivity contribution in [3.63, 3.8) is 0 Å². The number of rotatable bonds is 8. The van der Waals surface area contributed by atoms with Crippen molar-refractivity contribution in [2.45, 2.75) is 24.3 Å². The maximum Gasteiger partial charge on any atom is 0.246 e. The molecule has 1 aliphatic rings. The predicted octanol–water partition coefficient (Wildman–Crippen LogP) is 2.57. The summed E-state index contributed by atoms with van der Waals surface area (Å²) in [6, 6.07) is 8.67. The van der Waals surface area contributed by atoms with Gasteiger partial charge in [-0.1, -0.05) is 6.07 Å². The van der Waals surface area contributed by atoms with Crippen molar-refractivity contribution in [1.29, 1.82) is 0 Å². The lowest BCUT2D eigenvalue weighted by atomic mass is 9.98. The molecule has 32 heavy (non-hydrogen) atoms. The lowest BCUT2D eigenvalue weighted by molar-refractivity contribution is -0.126. The number of hydrogen-bond donors (Lipinski definition) is 1. The summed E-state index contributed by atoms with van der Waals surface area (Å²) in [5, 5.41) is 2.86. The summed E-state index contributed by atoms with van der Waals surface area (Å²) in [7, 11) is 0.355. The average molecular weight is 467 g/mol. The molecule has 8 nitrogen and oxygen atoms in total. The van der Waals surface area contributed by atoms with Crippen LogP contribution in [-0.2, 0) is 21.4 Å². The van der Waals surface area contributed by atoms with Crippen LogP contribution in [0.3, 0.4) is 0 Å². The number of halogens is 1. The molecule has 0 bridgehead atoms. The van der Waals surface area contributed by atoms with Gasteiger partial charge in [0.1, 0.15) is 28.0 Å². The van der Waals surface area contributed by atoms with Crippen LogP contribution >= 0.6 is 0 Å². The average Bonchev–Trinajstić information content (AvgIpc) is 2.82. The second-order valence-corrected chi connectivity index (χ2v) is 9.26. The number of amides is 1. The van der Waals surface area contributed by atoms with Crippen molar-refractivity contribution in [1.82, 2.24) is 9.62 Å². The molecule has 10 heteroatoms. The largest absolute Gasteiger partial charge is 0.496 e. The van der Waals surface area contributed by atoms with E-state index in [0.29, 0.717) is 29.9 Å². The minimum absolute atomic E-state index is 0.00308. The first kappa shape index (κ1) is 23.8. The van der Waals surface area contributed by atoms with E-state index in [9.17, 15) is 17.6 Å². The van der Waals surface area contributed by atoms with Crippen LogP contribution in [0.1, 0.15) is 18.4 Å². The van der Waals surface area contributed by atoms with E-state index in [0.717, 1.165) is 12.1 Å². The molecular formula is C22H27FN2O6S. The van der Waals surface area contributed by atoms with E-state index in [1.807, 2.05) is 0 Å². The van der Waals surface area contributed by atoms with Gasteiger partial charge in [-0.3, -0.25) is 4.79 Å². The molecule has 0 aliphatic carbocycles. The van der Waals surface area contributed by atoms with Crippen LogP contribution in [0.2, 0.25) is 0 Å². The topological polar surface area (TPSA) is 94.2 Å². The van der Waals surface area contributed by atoms with Crippen molar-refractivity contribution in [2.24, 2.45) is 5.92 Å². The van der Waals surface area contributed by atoms with Crippen molar-refractivity contribution >= 4 is 15.9 Å². The molecule has 174 valence electrons. The highest BCUT2D eigenvalue weighted by molar-refractivity contribution is 7.89. The van der Waals surface area contributed by atoms with Gasteiger partial charge in [0.05, 0.1) is 39.4 Å². The number of piperidine rings is 1. The van der Waals surface area contributed by atoms with Crippen LogP contribution in [0, 0.1) is 11.7 Å². The number of sulfonamides is 1. The van der Waals surface area contributed by atoms with Gasteiger partial charge in [0.25, 0.3) is 0 Å². The molecule has 2 aromatic carbocycles. The Labute approximate surface area is 187 Å². The summed E-state index contributed by atoms with van der Waals surface area (Å²) in [5.74, 6) is -0.281. The Hall–Kier alpha value is -2.85. The molecule has 3 rings (SSSR count). The molecule has 0 spiro atoms. The quantitative estimate of drug-likeness (QED) is 0.643. The van der Waals surface area contributed by atoms with Crippen molar-refractivity contribution in [3.05, 3.63) is 47.8 Å². The summed E-state index contributed by atoms with van der Waals surface area (Å²) >= 11 is 0. The molecule has 2 aromatic rings. The molecule has 0 aromatic heterocycles. The smallest absolute Gasteiger partial charge is 0.246 e. The number of hydrogen-bond acceptors (Lipinski definition) is 6. The van der Waals surface area contributed by atoms with E-state index in [1.54, 1.807) is 18.2 Å². The number of benzene rings is 2. The Morgan fingerprint density at radius 3 is 2.38 bits per heavy atom. The van der Waals surface area contributed by atoms with Crippen LogP contribution < -0.4 is 19.5 Å². The van der Waals surface area contributed by atoms with Gasteiger partial charge in [0.15, 0.2) is 0 Å². The third kappa shape index (κ3) is 4.97. The molecule has 0 radical (unpaired) electrons. The van der Waals surface area contributed by atoms with Crippen LogP contribution in [0.25, 0.3) is 0 Å². The predicted molar refractivity (Wildman–Crippen MR) is 116 cm³/mol. The lowest BCUT2D eigenvalue weighted by Crippen LogP contribution is -2.45. The van der Waals surface area contributed by atoms with Crippen molar-refractivity contribution < 1.29 is 31.8 Å². The number of ether oxygens (including phenoxy) is 3. The zero-order valence-electron chi connectivity index (χ0n) is 18.3. The summed E-state index contributed by atoms with van der Waals surface area (Å²) in [6.07, 6.45) is 1.05. The van der Waals surface area contributed by atoms with Gasteiger partial charge in [-0.2, -0.15) is 4.31 Å². The summed E-state index contributed by atoms with van der Waals surface area (Å²) in [5.41, 5.74) is 0.690. The van der Waals surface area contributed by atoms with Gasteiger partial charge >= 0.3 is 0 Å². The maximum atomic E-state index is 13.7. The maximum absolute atomic E-state index is 13.7. The lowest BCUT2D eigenvalue weighted by Gasteiger charge is -2.31. The fourth-order valence-corrected chi connectivity index (χ4v) is 5.48. The Morgan fingerprint density at radius 2 is 1.75 bits per heavy atom. The zero-order chi connectivity index (χ0) is 23.3. The molecule has 0 saturated carbocycles. The minimum atomic E-state index is -4.03. The van der Waals surface area contributed by atoms with Gasteiger partial charge in [-0.15, -0.1) is 0 Å². The van der Waals surface area contributed by atoms with E-state index in [-0.39, 0.29) is 36.2 Å². The Morgan fingerprint density at radius 1 is 1.09 bits per heavy atom. The Bertz CT molecular complexity index is 1050. The standard InChI is InChI=1S/C22H27FN2O6S/c1-29-18-7-4-8-19(30-2)17(18)13-24-22(26)15-6-5-11-25(14-15)32(27,28)21-12-16(23)9-10-20(21)31-3/h4,7-10,12,15H,5-6,11,13-14H2,1-3H3,(H,24,26)/t15-/m0/s1. The van der Waals surface area contributed by atoms with Gasteiger partial charge in [-0.25, -0.2) is 12.8 Å². The van der Waals surface area contributed by atoms with Crippen molar-refractivity contribution in [2.75, 3.05) is 34.4 Å². The summed E-state index contributed by atoms with van der Waals surface area (Å²) < 4.78 is 57.1. The fourth-order valence-electron chi connectivity index (χ4n) is 3.79. The molecule has 1 aliphatic heterocycles. The molecule has 1 fully saturated rings. The third-order valence-corrected chi connectivity index (χ3v) is 7.35. The highest BCUT2D eigenvalue weighted by Gasteiger charge is 2.35. The first-order valence-corrected chi connectivity index (χ1v) is 11.6. The summed E-state index contributed by atoms with van der Waals surface area (Å²) in [4.78, 5) is 12.6. The molecule has 0 unspecified atom stereocenters. The van der Waals surface area contributed by atoms with Crippen LogP contribution in [0.5, 0.6) is 17.2 Å². The normalized spacial score (nSPS) is 16.9. The number of nitrogens with zero attached hydrogens (tertiary/aromatic N) is 1.